The van der Waals surface area contributed by atoms with E-state index in [1.54, 1.807) is 43.5 Å². The molecule has 0 radical (unpaired) electrons. The number of ether oxygens (including phenoxy) is 2. The monoisotopic (exact) mass is 451 g/mol. The maximum atomic E-state index is 13.4. The lowest BCUT2D eigenvalue weighted by Gasteiger charge is -2.25. The van der Waals surface area contributed by atoms with E-state index in [0.717, 1.165) is 19.3 Å². The fourth-order valence-corrected chi connectivity index (χ4v) is 4.34. The van der Waals surface area contributed by atoms with Gasteiger partial charge in [0, 0.05) is 6.54 Å². The molecule has 2 heterocycles. The van der Waals surface area contributed by atoms with Gasteiger partial charge in [-0.2, -0.15) is 0 Å². The fourth-order valence-electron chi connectivity index (χ4n) is 4.34. The Kier molecular flexibility index (Phi) is 6.99. The van der Waals surface area contributed by atoms with Crippen LogP contribution in [0.15, 0.2) is 51.7 Å². The maximum Gasteiger partial charge on any atom is 0.290 e. The molecule has 0 spiro atoms. The summed E-state index contributed by atoms with van der Waals surface area (Å²) in [4.78, 5) is 28.0. The van der Waals surface area contributed by atoms with Crippen LogP contribution in [0.1, 0.15) is 60.3 Å². The van der Waals surface area contributed by atoms with Crippen molar-refractivity contribution < 1.29 is 23.8 Å². The number of para-hydroxylation sites is 1. The standard InChI is InChI=1S/C26H29NO6/c1-3-4-5-8-15-32-20-12-11-17(16-21(20)31-2)23-22-24(29)18-9-6-7-10-19(18)33-25(22)26(30)27(23)13-14-28/h6-7,9-12,16,23,28H,3-5,8,13-15H2,1-2H3. The van der Waals surface area contributed by atoms with Gasteiger partial charge in [-0.1, -0.05) is 44.4 Å². The second kappa shape index (κ2) is 10.1. The summed E-state index contributed by atoms with van der Waals surface area (Å²) in [5.41, 5.74) is 1.08. The number of methoxy groups -OCH3 is 1. The minimum atomic E-state index is -0.687. The number of hydrogen-bond donors (Lipinski definition) is 1. The quantitative estimate of drug-likeness (QED) is 0.463. The highest BCUT2D eigenvalue weighted by atomic mass is 16.5. The van der Waals surface area contributed by atoms with Crippen molar-refractivity contribution in [3.05, 3.63) is 69.6 Å². The molecule has 3 aromatic rings. The van der Waals surface area contributed by atoms with E-state index in [9.17, 15) is 14.7 Å². The summed E-state index contributed by atoms with van der Waals surface area (Å²) in [6, 6.07) is 11.6. The Morgan fingerprint density at radius 2 is 1.88 bits per heavy atom. The summed E-state index contributed by atoms with van der Waals surface area (Å²) in [7, 11) is 1.56. The Balaban J connectivity index is 1.74. The SMILES string of the molecule is CCCCCCOc1ccc(C2c3c(oc4ccccc4c3=O)C(=O)N2CCO)cc1OC. The molecule has 1 amide bonds. The molecule has 7 nitrogen and oxygen atoms in total. The highest BCUT2D eigenvalue weighted by Gasteiger charge is 2.42. The molecule has 1 atom stereocenters. The largest absolute Gasteiger partial charge is 0.493 e. The molecule has 174 valence electrons. The van der Waals surface area contributed by atoms with Crippen molar-refractivity contribution >= 4 is 16.9 Å². The first-order valence-electron chi connectivity index (χ1n) is 11.4. The van der Waals surface area contributed by atoms with Gasteiger partial charge >= 0.3 is 0 Å². The van der Waals surface area contributed by atoms with Crippen molar-refractivity contribution in [3.8, 4) is 11.5 Å². The van der Waals surface area contributed by atoms with Crippen LogP contribution >= 0.6 is 0 Å². The lowest BCUT2D eigenvalue weighted by molar-refractivity contribution is 0.0691. The Labute approximate surface area is 192 Å². The van der Waals surface area contributed by atoms with Gasteiger partial charge < -0.3 is 23.9 Å². The number of benzene rings is 2. The summed E-state index contributed by atoms with van der Waals surface area (Å²) in [6.45, 7) is 2.59. The van der Waals surface area contributed by atoms with Crippen LogP contribution in [0.3, 0.4) is 0 Å². The number of rotatable bonds is 10. The zero-order valence-corrected chi connectivity index (χ0v) is 19.0. The molecule has 0 saturated carbocycles. The summed E-state index contributed by atoms with van der Waals surface area (Å²) >= 11 is 0. The van der Waals surface area contributed by atoms with Crippen LogP contribution in [0.5, 0.6) is 11.5 Å². The van der Waals surface area contributed by atoms with Crippen molar-refractivity contribution in [2.45, 2.75) is 38.6 Å². The number of hydrogen-bond acceptors (Lipinski definition) is 6. The Morgan fingerprint density at radius 3 is 2.64 bits per heavy atom. The van der Waals surface area contributed by atoms with Crippen LogP contribution in [0.4, 0.5) is 0 Å². The minimum Gasteiger partial charge on any atom is -0.493 e. The van der Waals surface area contributed by atoms with Gasteiger partial charge in [-0.25, -0.2) is 0 Å². The number of aliphatic hydroxyl groups excluding tert-OH is 1. The molecule has 2 aromatic carbocycles. The zero-order valence-electron chi connectivity index (χ0n) is 19.0. The second-order valence-electron chi connectivity index (χ2n) is 8.11. The van der Waals surface area contributed by atoms with Crippen LogP contribution < -0.4 is 14.9 Å². The number of nitrogens with zero attached hydrogens (tertiary/aromatic N) is 1. The lowest BCUT2D eigenvalue weighted by atomic mass is 9.98. The first kappa shape index (κ1) is 22.9. The number of β-amino-alcohol motifs (C(OH)–C–C–N with tert-alkyl or cyclic N) is 1. The molecule has 0 aliphatic carbocycles. The van der Waals surface area contributed by atoms with E-state index in [1.807, 2.05) is 6.07 Å². The van der Waals surface area contributed by atoms with Crippen LogP contribution in [-0.4, -0.2) is 42.8 Å². The molecule has 0 saturated heterocycles. The molecular weight excluding hydrogens is 422 g/mol. The first-order chi connectivity index (χ1) is 16.1. The van der Waals surface area contributed by atoms with E-state index in [2.05, 4.69) is 6.92 Å². The Bertz CT molecular complexity index is 1200. The van der Waals surface area contributed by atoms with E-state index in [-0.39, 0.29) is 29.9 Å². The highest BCUT2D eigenvalue weighted by molar-refractivity contribution is 5.99. The van der Waals surface area contributed by atoms with Crippen molar-refractivity contribution in [2.24, 2.45) is 0 Å². The van der Waals surface area contributed by atoms with Crippen LogP contribution in [-0.2, 0) is 0 Å². The molecule has 33 heavy (non-hydrogen) atoms. The molecule has 1 aliphatic heterocycles. The summed E-state index contributed by atoms with van der Waals surface area (Å²) in [5, 5.41) is 10.0. The number of unbranched alkanes of at least 4 members (excludes halogenated alkanes) is 3. The Morgan fingerprint density at radius 1 is 1.06 bits per heavy atom. The Hall–Kier alpha value is -3.32. The fraction of sp³-hybridized carbons (Fsp3) is 0.385. The van der Waals surface area contributed by atoms with E-state index < -0.39 is 11.9 Å². The van der Waals surface area contributed by atoms with Crippen LogP contribution in [0.25, 0.3) is 11.0 Å². The van der Waals surface area contributed by atoms with E-state index in [4.69, 9.17) is 13.9 Å². The predicted octanol–water partition coefficient (Wildman–Crippen LogP) is 4.30. The zero-order chi connectivity index (χ0) is 23.4. The van der Waals surface area contributed by atoms with Gasteiger partial charge in [-0.15, -0.1) is 0 Å². The van der Waals surface area contributed by atoms with Gasteiger partial charge in [0.05, 0.1) is 37.3 Å². The summed E-state index contributed by atoms with van der Waals surface area (Å²) in [6.07, 6.45) is 4.40. The molecule has 0 bridgehead atoms. The molecule has 0 fully saturated rings. The van der Waals surface area contributed by atoms with E-state index in [0.29, 0.717) is 34.6 Å². The van der Waals surface area contributed by atoms with E-state index in [1.165, 1.54) is 11.3 Å². The summed E-state index contributed by atoms with van der Waals surface area (Å²) < 4.78 is 17.3. The van der Waals surface area contributed by atoms with Gasteiger partial charge in [0.1, 0.15) is 5.58 Å². The average molecular weight is 452 g/mol. The minimum absolute atomic E-state index is 0.0207. The number of aliphatic hydroxyl groups is 1. The molecule has 7 heteroatoms. The number of carbonyl (C=O) groups is 1. The third kappa shape index (κ3) is 4.33. The number of carbonyl (C=O) groups excluding carboxylic acids is 1. The molecule has 1 aromatic heterocycles. The maximum absolute atomic E-state index is 13.4. The van der Waals surface area contributed by atoms with Gasteiger partial charge in [-0.05, 0) is 36.2 Å². The van der Waals surface area contributed by atoms with Crippen molar-refractivity contribution in [3.63, 3.8) is 0 Å². The lowest BCUT2D eigenvalue weighted by Crippen LogP contribution is -2.32. The van der Waals surface area contributed by atoms with Crippen molar-refractivity contribution in [1.82, 2.24) is 4.90 Å². The third-order valence-corrected chi connectivity index (χ3v) is 5.97. The van der Waals surface area contributed by atoms with Gasteiger partial charge in [0.25, 0.3) is 5.91 Å². The van der Waals surface area contributed by atoms with Crippen LogP contribution in [0.2, 0.25) is 0 Å². The van der Waals surface area contributed by atoms with Gasteiger partial charge in [-0.3, -0.25) is 9.59 Å². The molecule has 1 aliphatic rings. The average Bonchev–Trinajstić information content (AvgIpc) is 3.11. The van der Waals surface area contributed by atoms with E-state index >= 15 is 0 Å². The highest BCUT2D eigenvalue weighted by Crippen LogP contribution is 2.40. The molecule has 1 N–H and O–H groups in total. The van der Waals surface area contributed by atoms with Gasteiger partial charge in [0.2, 0.25) is 5.76 Å². The molecule has 4 rings (SSSR count). The first-order valence-corrected chi connectivity index (χ1v) is 11.4. The predicted molar refractivity (Wildman–Crippen MR) is 125 cm³/mol. The normalized spacial score (nSPS) is 15.2. The smallest absolute Gasteiger partial charge is 0.290 e. The topological polar surface area (TPSA) is 89.2 Å². The van der Waals surface area contributed by atoms with Crippen molar-refractivity contribution in [1.29, 1.82) is 0 Å². The third-order valence-electron chi connectivity index (χ3n) is 5.97. The summed E-state index contributed by atoms with van der Waals surface area (Å²) in [5.74, 6) is 0.744. The van der Waals surface area contributed by atoms with Gasteiger partial charge in [0.15, 0.2) is 16.9 Å². The molecular formula is C26H29NO6. The van der Waals surface area contributed by atoms with Crippen LogP contribution in [0, 0.1) is 0 Å². The molecule has 1 unspecified atom stereocenters. The number of fused-ring (bicyclic) bond motifs is 2. The number of amides is 1. The van der Waals surface area contributed by atoms with Crippen molar-refractivity contribution in [2.75, 3.05) is 26.9 Å². The second-order valence-corrected chi connectivity index (χ2v) is 8.11.